The van der Waals surface area contributed by atoms with Crippen LogP contribution in [0.15, 0.2) is 30.5 Å². The van der Waals surface area contributed by atoms with Crippen molar-refractivity contribution in [1.29, 1.82) is 0 Å². The number of halogens is 1. The van der Waals surface area contributed by atoms with Crippen LogP contribution in [0.4, 0.5) is 0 Å². The molecule has 2 N–H and O–H groups in total. The quantitative estimate of drug-likeness (QED) is 0.912. The molecule has 1 aliphatic carbocycles. The largest absolute Gasteiger partial charge is 0.393 e. The molecule has 0 amide bonds. The predicted octanol–water partition coefficient (Wildman–Crippen LogP) is 3.28. The second-order valence-corrected chi connectivity index (χ2v) is 5.91. The molecule has 0 aliphatic heterocycles. The molecule has 1 fully saturated rings. The third-order valence-electron chi connectivity index (χ3n) is 4.03. The molecule has 0 radical (unpaired) electrons. The number of fused-ring (bicyclic) bond motifs is 1. The van der Waals surface area contributed by atoms with E-state index in [-0.39, 0.29) is 6.10 Å². The molecule has 1 aromatic heterocycles. The van der Waals surface area contributed by atoms with Gasteiger partial charge in [0.15, 0.2) is 0 Å². The Hall–Kier alpha value is -1.16. The van der Waals surface area contributed by atoms with Gasteiger partial charge in [-0.1, -0.05) is 17.7 Å². The first-order chi connectivity index (χ1) is 9.74. The van der Waals surface area contributed by atoms with Crippen molar-refractivity contribution in [3.8, 4) is 0 Å². The van der Waals surface area contributed by atoms with Crippen LogP contribution in [0.5, 0.6) is 0 Å². The Morgan fingerprint density at radius 1 is 1.30 bits per heavy atom. The van der Waals surface area contributed by atoms with Gasteiger partial charge < -0.3 is 10.4 Å². The number of hydrogen-bond acceptors (Lipinski definition) is 3. The maximum atomic E-state index is 9.72. The average Bonchev–Trinajstić information content (AvgIpc) is 2.47. The molecule has 2 aromatic rings. The zero-order valence-electron chi connectivity index (χ0n) is 11.3. The molecule has 1 saturated carbocycles. The highest BCUT2D eigenvalue weighted by Crippen LogP contribution is 2.25. The summed E-state index contributed by atoms with van der Waals surface area (Å²) >= 11 is 6.20. The number of nitrogens with one attached hydrogen (secondary N) is 1. The van der Waals surface area contributed by atoms with Crippen LogP contribution >= 0.6 is 11.6 Å². The predicted molar refractivity (Wildman–Crippen MR) is 81.9 cm³/mol. The van der Waals surface area contributed by atoms with Gasteiger partial charge in [-0.25, -0.2) is 0 Å². The molecule has 3 nitrogen and oxygen atoms in total. The zero-order chi connectivity index (χ0) is 13.9. The van der Waals surface area contributed by atoms with Gasteiger partial charge in [0, 0.05) is 29.2 Å². The van der Waals surface area contributed by atoms with Crippen LogP contribution < -0.4 is 5.32 Å². The van der Waals surface area contributed by atoms with E-state index in [1.54, 1.807) is 6.20 Å². The molecule has 106 valence electrons. The van der Waals surface area contributed by atoms with Gasteiger partial charge in [-0.3, -0.25) is 4.98 Å². The van der Waals surface area contributed by atoms with Gasteiger partial charge in [-0.05, 0) is 49.4 Å². The highest BCUT2D eigenvalue weighted by Gasteiger charge is 2.19. The van der Waals surface area contributed by atoms with E-state index in [1.165, 1.54) is 0 Å². The van der Waals surface area contributed by atoms with E-state index >= 15 is 0 Å². The minimum atomic E-state index is -0.152. The van der Waals surface area contributed by atoms with Crippen molar-refractivity contribution in [2.75, 3.05) is 0 Å². The Kier molecular flexibility index (Phi) is 4.20. The third kappa shape index (κ3) is 2.95. The Balaban J connectivity index is 1.76. The first-order valence-electron chi connectivity index (χ1n) is 7.17. The van der Waals surface area contributed by atoms with Crippen molar-refractivity contribution in [2.45, 2.75) is 44.4 Å². The number of aliphatic hydroxyl groups excluding tert-OH is 1. The van der Waals surface area contributed by atoms with Crippen molar-refractivity contribution < 1.29 is 5.11 Å². The standard InChI is InChI=1S/C16H19ClN2O/c17-15-7-6-11(16-14(15)5-2-8-18-16)10-19-12-3-1-4-13(20)9-12/h2,5-8,12-13,19-20H,1,3-4,9-10H2. The summed E-state index contributed by atoms with van der Waals surface area (Å²) < 4.78 is 0. The molecule has 0 bridgehead atoms. The number of nitrogens with zero attached hydrogens (tertiary/aromatic N) is 1. The lowest BCUT2D eigenvalue weighted by molar-refractivity contribution is 0.111. The minimum Gasteiger partial charge on any atom is -0.393 e. The molecule has 3 rings (SSSR count). The third-order valence-corrected chi connectivity index (χ3v) is 4.36. The Labute approximate surface area is 124 Å². The molecule has 0 saturated heterocycles. The van der Waals surface area contributed by atoms with Crippen molar-refractivity contribution >= 4 is 22.5 Å². The average molecular weight is 291 g/mol. The number of aliphatic hydroxyl groups is 1. The van der Waals surface area contributed by atoms with E-state index in [9.17, 15) is 5.11 Å². The normalized spacial score (nSPS) is 23.1. The lowest BCUT2D eigenvalue weighted by Gasteiger charge is -2.26. The lowest BCUT2D eigenvalue weighted by atomic mass is 9.93. The Bertz CT molecular complexity index is 602. The smallest absolute Gasteiger partial charge is 0.0761 e. The molecule has 1 aromatic carbocycles. The number of benzene rings is 1. The maximum Gasteiger partial charge on any atom is 0.0761 e. The molecule has 4 heteroatoms. The van der Waals surface area contributed by atoms with Gasteiger partial charge in [-0.2, -0.15) is 0 Å². The molecule has 1 heterocycles. The molecule has 2 unspecified atom stereocenters. The molecule has 2 atom stereocenters. The summed E-state index contributed by atoms with van der Waals surface area (Å²) in [7, 11) is 0. The van der Waals surface area contributed by atoms with Crippen LogP contribution in [0.2, 0.25) is 5.02 Å². The fourth-order valence-corrected chi connectivity index (χ4v) is 3.16. The summed E-state index contributed by atoms with van der Waals surface area (Å²) in [5.41, 5.74) is 2.12. The monoisotopic (exact) mass is 290 g/mol. The highest BCUT2D eigenvalue weighted by atomic mass is 35.5. The Morgan fingerprint density at radius 3 is 3.05 bits per heavy atom. The van der Waals surface area contributed by atoms with Crippen LogP contribution in [0.3, 0.4) is 0 Å². The number of aromatic nitrogens is 1. The molecular weight excluding hydrogens is 272 g/mol. The van der Waals surface area contributed by atoms with Crippen LogP contribution in [0, 0.1) is 0 Å². The van der Waals surface area contributed by atoms with Gasteiger partial charge in [-0.15, -0.1) is 0 Å². The molecule has 20 heavy (non-hydrogen) atoms. The van der Waals surface area contributed by atoms with Crippen LogP contribution in [0.25, 0.3) is 10.9 Å². The lowest BCUT2D eigenvalue weighted by Crippen LogP contribution is -2.35. The van der Waals surface area contributed by atoms with E-state index < -0.39 is 0 Å². The van der Waals surface area contributed by atoms with Gasteiger partial charge in [0.25, 0.3) is 0 Å². The number of pyridine rings is 1. The second-order valence-electron chi connectivity index (χ2n) is 5.50. The van der Waals surface area contributed by atoms with Crippen LogP contribution in [-0.2, 0) is 6.54 Å². The fraction of sp³-hybridized carbons (Fsp3) is 0.438. The summed E-state index contributed by atoms with van der Waals surface area (Å²) in [6, 6.07) is 8.26. The van der Waals surface area contributed by atoms with Crippen molar-refractivity contribution in [3.63, 3.8) is 0 Å². The van der Waals surface area contributed by atoms with Gasteiger partial charge in [0.1, 0.15) is 0 Å². The summed E-state index contributed by atoms with van der Waals surface area (Å²) in [4.78, 5) is 4.45. The van der Waals surface area contributed by atoms with Crippen molar-refractivity contribution in [1.82, 2.24) is 10.3 Å². The van der Waals surface area contributed by atoms with Gasteiger partial charge in [0.05, 0.1) is 11.6 Å². The van der Waals surface area contributed by atoms with Crippen molar-refractivity contribution in [3.05, 3.63) is 41.0 Å². The van der Waals surface area contributed by atoms with Crippen LogP contribution in [0.1, 0.15) is 31.2 Å². The number of rotatable bonds is 3. The topological polar surface area (TPSA) is 45.1 Å². The Morgan fingerprint density at radius 2 is 2.20 bits per heavy atom. The fourth-order valence-electron chi connectivity index (χ4n) is 2.94. The second kappa shape index (κ2) is 6.08. The number of hydrogen-bond donors (Lipinski definition) is 2. The summed E-state index contributed by atoms with van der Waals surface area (Å²) in [6.07, 6.45) is 5.66. The van der Waals surface area contributed by atoms with Gasteiger partial charge in [0.2, 0.25) is 0 Å². The SMILES string of the molecule is OC1CCCC(NCc2ccc(Cl)c3cccnc23)C1. The minimum absolute atomic E-state index is 0.152. The highest BCUT2D eigenvalue weighted by molar-refractivity contribution is 6.35. The molecule has 0 spiro atoms. The maximum absolute atomic E-state index is 9.72. The van der Waals surface area contributed by atoms with Crippen molar-refractivity contribution in [2.24, 2.45) is 0 Å². The van der Waals surface area contributed by atoms with E-state index in [0.29, 0.717) is 6.04 Å². The summed E-state index contributed by atoms with van der Waals surface area (Å²) in [5, 5.41) is 15.0. The van der Waals surface area contributed by atoms with Crippen LogP contribution in [-0.4, -0.2) is 22.2 Å². The van der Waals surface area contributed by atoms with E-state index in [4.69, 9.17) is 11.6 Å². The van der Waals surface area contributed by atoms with E-state index in [2.05, 4.69) is 10.3 Å². The summed E-state index contributed by atoms with van der Waals surface area (Å²) in [5.74, 6) is 0. The molecular formula is C16H19ClN2O. The first-order valence-corrected chi connectivity index (χ1v) is 7.55. The van der Waals surface area contributed by atoms with Gasteiger partial charge >= 0.3 is 0 Å². The zero-order valence-corrected chi connectivity index (χ0v) is 12.1. The van der Waals surface area contributed by atoms with E-state index in [1.807, 2.05) is 24.3 Å². The van der Waals surface area contributed by atoms with E-state index in [0.717, 1.165) is 53.7 Å². The summed E-state index contributed by atoms with van der Waals surface area (Å²) in [6.45, 7) is 0.766. The molecule has 1 aliphatic rings. The first kappa shape index (κ1) is 13.8.